The van der Waals surface area contributed by atoms with E-state index >= 15 is 0 Å². The number of hydrogen-bond donors (Lipinski definition) is 1. The van der Waals surface area contributed by atoms with Gasteiger partial charge in [-0.25, -0.2) is 4.68 Å². The topological polar surface area (TPSA) is 74.6 Å². The fourth-order valence-corrected chi connectivity index (χ4v) is 3.04. The van der Waals surface area contributed by atoms with Crippen LogP contribution < -0.4 is 19.5 Å². The second-order valence-corrected chi connectivity index (χ2v) is 6.63. The minimum atomic E-state index is -0.319. The number of para-hydroxylation sites is 1. The largest absolute Gasteiger partial charge is 0.497 e. The average Bonchev–Trinajstić information content (AvgIpc) is 3.21. The first-order valence-electron chi connectivity index (χ1n) is 8.95. The van der Waals surface area contributed by atoms with E-state index in [0.717, 1.165) is 5.56 Å². The van der Waals surface area contributed by atoms with E-state index in [-0.39, 0.29) is 18.7 Å². The molecule has 0 saturated carbocycles. The first-order valence-corrected chi connectivity index (χ1v) is 9.33. The van der Waals surface area contributed by atoms with Gasteiger partial charge in [-0.2, -0.15) is 5.10 Å². The quantitative estimate of drug-likeness (QED) is 0.600. The van der Waals surface area contributed by atoms with Gasteiger partial charge in [-0.1, -0.05) is 23.7 Å². The minimum Gasteiger partial charge on any atom is -0.497 e. The number of methoxy groups -OCH3 is 2. The number of hydrogen-bond acceptors (Lipinski definition) is 5. The molecule has 29 heavy (non-hydrogen) atoms. The van der Waals surface area contributed by atoms with Gasteiger partial charge in [0.05, 0.1) is 25.3 Å². The molecule has 0 saturated heterocycles. The zero-order valence-corrected chi connectivity index (χ0v) is 17.1. The van der Waals surface area contributed by atoms with E-state index in [1.807, 2.05) is 25.1 Å². The van der Waals surface area contributed by atoms with Gasteiger partial charge in [0.1, 0.15) is 22.9 Å². The molecule has 7 nitrogen and oxygen atoms in total. The summed E-state index contributed by atoms with van der Waals surface area (Å²) in [7, 11) is 3.17. The van der Waals surface area contributed by atoms with Crippen molar-refractivity contribution in [2.24, 2.45) is 0 Å². The summed E-state index contributed by atoms with van der Waals surface area (Å²) in [6, 6.07) is 13.9. The number of benzene rings is 2. The summed E-state index contributed by atoms with van der Waals surface area (Å²) in [5.41, 5.74) is 1.17. The molecule has 1 heterocycles. The van der Waals surface area contributed by atoms with Crippen molar-refractivity contribution < 1.29 is 19.0 Å². The van der Waals surface area contributed by atoms with Crippen molar-refractivity contribution in [3.8, 4) is 17.2 Å². The molecule has 1 N–H and O–H groups in total. The van der Waals surface area contributed by atoms with E-state index in [9.17, 15) is 4.79 Å². The standard InChI is InChI=1S/C21H22ClN3O4/c1-14(16-12-15(27-2)8-9-19(16)28-3)24-21(26)18-10-11-23-25(18)13-29-20-7-5-4-6-17(20)22/h4-12,14H,13H2,1-3H3,(H,24,26). The van der Waals surface area contributed by atoms with Crippen LogP contribution in [0.2, 0.25) is 5.02 Å². The van der Waals surface area contributed by atoms with Crippen LogP contribution in [0.15, 0.2) is 54.7 Å². The van der Waals surface area contributed by atoms with Crippen LogP contribution in [-0.2, 0) is 6.73 Å². The summed E-state index contributed by atoms with van der Waals surface area (Å²) in [5, 5.41) is 7.61. The molecule has 0 aliphatic heterocycles. The van der Waals surface area contributed by atoms with Crippen molar-refractivity contribution in [2.45, 2.75) is 19.7 Å². The Morgan fingerprint density at radius 3 is 2.66 bits per heavy atom. The van der Waals surface area contributed by atoms with Crippen molar-refractivity contribution in [1.29, 1.82) is 0 Å². The molecule has 8 heteroatoms. The molecule has 1 aromatic heterocycles. The monoisotopic (exact) mass is 415 g/mol. The SMILES string of the molecule is COc1ccc(OC)c(C(C)NC(=O)c2ccnn2COc2ccccc2Cl)c1. The van der Waals surface area contributed by atoms with E-state index in [0.29, 0.717) is 28.0 Å². The van der Waals surface area contributed by atoms with Gasteiger partial charge in [0.15, 0.2) is 6.73 Å². The van der Waals surface area contributed by atoms with Gasteiger partial charge in [0.2, 0.25) is 0 Å². The Hall–Kier alpha value is -3.19. The van der Waals surface area contributed by atoms with Crippen molar-refractivity contribution >= 4 is 17.5 Å². The number of carbonyl (C=O) groups is 1. The molecule has 0 fully saturated rings. The highest BCUT2D eigenvalue weighted by molar-refractivity contribution is 6.32. The fourth-order valence-electron chi connectivity index (χ4n) is 2.85. The number of amides is 1. The number of halogens is 1. The Morgan fingerprint density at radius 1 is 1.14 bits per heavy atom. The molecule has 1 atom stereocenters. The minimum absolute atomic E-state index is 0.0519. The van der Waals surface area contributed by atoms with E-state index in [1.54, 1.807) is 50.7 Å². The van der Waals surface area contributed by atoms with Crippen LogP contribution in [0.1, 0.15) is 29.0 Å². The summed E-state index contributed by atoms with van der Waals surface area (Å²) in [4.78, 5) is 12.8. The summed E-state index contributed by atoms with van der Waals surface area (Å²) >= 11 is 6.10. The Morgan fingerprint density at radius 2 is 1.93 bits per heavy atom. The smallest absolute Gasteiger partial charge is 0.270 e. The van der Waals surface area contributed by atoms with Crippen molar-refractivity contribution in [3.63, 3.8) is 0 Å². The zero-order chi connectivity index (χ0) is 20.8. The van der Waals surface area contributed by atoms with Gasteiger partial charge in [-0.15, -0.1) is 0 Å². The molecule has 2 aromatic carbocycles. The lowest BCUT2D eigenvalue weighted by Crippen LogP contribution is -2.29. The number of aromatic nitrogens is 2. The zero-order valence-electron chi connectivity index (χ0n) is 16.4. The number of nitrogens with one attached hydrogen (secondary N) is 1. The first-order chi connectivity index (χ1) is 14.0. The molecular formula is C21H22ClN3O4. The van der Waals surface area contributed by atoms with E-state index in [2.05, 4.69) is 10.4 Å². The molecule has 1 unspecified atom stereocenters. The molecule has 0 bridgehead atoms. The molecule has 0 aliphatic rings. The van der Waals surface area contributed by atoms with E-state index in [1.165, 1.54) is 4.68 Å². The van der Waals surface area contributed by atoms with Gasteiger partial charge in [-0.3, -0.25) is 4.79 Å². The number of rotatable bonds is 8. The summed E-state index contributed by atoms with van der Waals surface area (Å²) < 4.78 is 17.8. The van der Waals surface area contributed by atoms with Crippen molar-refractivity contribution in [3.05, 3.63) is 71.0 Å². The second-order valence-electron chi connectivity index (χ2n) is 6.22. The van der Waals surface area contributed by atoms with Gasteiger partial charge in [0, 0.05) is 11.8 Å². The normalized spacial score (nSPS) is 11.6. The Balaban J connectivity index is 1.72. The molecule has 3 aromatic rings. The average molecular weight is 416 g/mol. The van der Waals surface area contributed by atoms with E-state index < -0.39 is 0 Å². The molecule has 152 valence electrons. The Bertz CT molecular complexity index is 990. The van der Waals surface area contributed by atoms with Crippen LogP contribution in [0.3, 0.4) is 0 Å². The molecule has 0 aliphatic carbocycles. The third-order valence-electron chi connectivity index (χ3n) is 4.38. The number of ether oxygens (including phenoxy) is 3. The lowest BCUT2D eigenvalue weighted by Gasteiger charge is -2.18. The summed E-state index contributed by atoms with van der Waals surface area (Å²) in [6.07, 6.45) is 1.54. The second kappa shape index (κ2) is 9.34. The van der Waals surface area contributed by atoms with Crippen molar-refractivity contribution in [1.82, 2.24) is 15.1 Å². The molecular weight excluding hydrogens is 394 g/mol. The predicted molar refractivity (Wildman–Crippen MR) is 110 cm³/mol. The van der Waals surface area contributed by atoms with Crippen LogP contribution in [-0.4, -0.2) is 29.9 Å². The molecule has 0 spiro atoms. The lowest BCUT2D eigenvalue weighted by atomic mass is 10.1. The first kappa shape index (κ1) is 20.5. The maximum Gasteiger partial charge on any atom is 0.270 e. The third kappa shape index (κ3) is 4.81. The number of nitrogens with zero attached hydrogens (tertiary/aromatic N) is 2. The highest BCUT2D eigenvalue weighted by Crippen LogP contribution is 2.29. The van der Waals surface area contributed by atoms with Crippen LogP contribution in [0.25, 0.3) is 0 Å². The van der Waals surface area contributed by atoms with Crippen LogP contribution >= 0.6 is 11.6 Å². The van der Waals surface area contributed by atoms with Gasteiger partial charge >= 0.3 is 0 Å². The van der Waals surface area contributed by atoms with Gasteiger partial charge in [-0.05, 0) is 43.3 Å². The molecule has 3 rings (SSSR count). The van der Waals surface area contributed by atoms with Gasteiger partial charge in [0.25, 0.3) is 5.91 Å². The van der Waals surface area contributed by atoms with E-state index in [4.69, 9.17) is 25.8 Å². The Labute approximate surface area is 174 Å². The fraction of sp³-hybridized carbons (Fsp3) is 0.238. The maximum absolute atomic E-state index is 12.8. The number of carbonyl (C=O) groups excluding carboxylic acids is 1. The lowest BCUT2D eigenvalue weighted by molar-refractivity contribution is 0.0918. The summed E-state index contributed by atoms with van der Waals surface area (Å²) in [5.74, 6) is 1.57. The third-order valence-corrected chi connectivity index (χ3v) is 4.69. The summed E-state index contributed by atoms with van der Waals surface area (Å²) in [6.45, 7) is 1.92. The van der Waals surface area contributed by atoms with Crippen LogP contribution in [0.5, 0.6) is 17.2 Å². The maximum atomic E-state index is 12.8. The van der Waals surface area contributed by atoms with Gasteiger partial charge < -0.3 is 19.5 Å². The molecule has 1 amide bonds. The highest BCUT2D eigenvalue weighted by atomic mass is 35.5. The van der Waals surface area contributed by atoms with Crippen LogP contribution in [0, 0.1) is 0 Å². The van der Waals surface area contributed by atoms with Crippen molar-refractivity contribution in [2.75, 3.05) is 14.2 Å². The predicted octanol–water partition coefficient (Wildman–Crippen LogP) is 4.08. The Kier molecular flexibility index (Phi) is 6.61. The van der Waals surface area contributed by atoms with Crippen LogP contribution in [0.4, 0.5) is 0 Å². The molecule has 0 radical (unpaired) electrons. The highest BCUT2D eigenvalue weighted by Gasteiger charge is 2.19.